The second-order valence-corrected chi connectivity index (χ2v) is 10.8. The first-order valence-corrected chi connectivity index (χ1v) is 13.5. The SMILES string of the molecule is CC(C)C(=O)Nc1ccc(N2C(=S)N[C@H](c3ccccn3)[C@@H]2c2ccc(-c3ccc(Br)cc3F)o2)cc1Cl. The molecule has 5 rings (SSSR count). The second kappa shape index (κ2) is 10.8. The molecule has 0 spiro atoms. The Balaban J connectivity index is 1.56. The summed E-state index contributed by atoms with van der Waals surface area (Å²) < 4.78 is 21.6. The molecule has 1 aliphatic rings. The lowest BCUT2D eigenvalue weighted by Gasteiger charge is -2.26. The molecule has 0 bridgehead atoms. The van der Waals surface area contributed by atoms with Gasteiger partial charge in [0.2, 0.25) is 5.91 Å². The monoisotopic (exact) mass is 612 g/mol. The third-order valence-corrected chi connectivity index (χ3v) is 7.35. The van der Waals surface area contributed by atoms with E-state index in [0.29, 0.717) is 43.1 Å². The second-order valence-electron chi connectivity index (χ2n) is 9.13. The quantitative estimate of drug-likeness (QED) is 0.218. The molecule has 2 N–H and O–H groups in total. The minimum absolute atomic E-state index is 0.130. The van der Waals surface area contributed by atoms with E-state index in [4.69, 9.17) is 28.2 Å². The zero-order valence-corrected chi connectivity index (χ0v) is 23.6. The highest BCUT2D eigenvalue weighted by atomic mass is 79.9. The fraction of sp³-hybridized carbons (Fsp3) is 0.179. The topological polar surface area (TPSA) is 70.4 Å². The lowest BCUT2D eigenvalue weighted by molar-refractivity contribution is -0.118. The number of furan rings is 1. The van der Waals surface area contributed by atoms with E-state index in [1.165, 1.54) is 6.07 Å². The van der Waals surface area contributed by atoms with E-state index in [9.17, 15) is 9.18 Å². The average molecular weight is 614 g/mol. The fourth-order valence-corrected chi connectivity index (χ4v) is 5.20. The molecule has 38 heavy (non-hydrogen) atoms. The minimum Gasteiger partial charge on any atom is -0.459 e. The van der Waals surface area contributed by atoms with Crippen LogP contribution in [0.5, 0.6) is 0 Å². The van der Waals surface area contributed by atoms with Crippen molar-refractivity contribution in [3.05, 3.63) is 99.7 Å². The molecule has 10 heteroatoms. The van der Waals surface area contributed by atoms with E-state index < -0.39 is 11.9 Å². The van der Waals surface area contributed by atoms with Gasteiger partial charge >= 0.3 is 0 Å². The number of halogens is 3. The third-order valence-electron chi connectivity index (χ3n) is 6.23. The van der Waals surface area contributed by atoms with Gasteiger partial charge in [0, 0.05) is 22.3 Å². The molecule has 1 amide bonds. The maximum absolute atomic E-state index is 14.7. The molecule has 2 aromatic heterocycles. The van der Waals surface area contributed by atoms with Crippen LogP contribution in [-0.2, 0) is 4.79 Å². The van der Waals surface area contributed by atoms with Gasteiger partial charge in [-0.25, -0.2) is 4.39 Å². The summed E-state index contributed by atoms with van der Waals surface area (Å²) in [4.78, 5) is 18.6. The predicted octanol–water partition coefficient (Wildman–Crippen LogP) is 7.67. The van der Waals surface area contributed by atoms with Crippen LogP contribution in [0.25, 0.3) is 11.3 Å². The third kappa shape index (κ3) is 5.18. The van der Waals surface area contributed by atoms with Crippen molar-refractivity contribution in [3.8, 4) is 11.3 Å². The summed E-state index contributed by atoms with van der Waals surface area (Å²) in [5, 5.41) is 7.02. The van der Waals surface area contributed by atoms with Gasteiger partial charge in [0.1, 0.15) is 23.4 Å². The van der Waals surface area contributed by atoms with Crippen molar-refractivity contribution in [3.63, 3.8) is 0 Å². The minimum atomic E-state index is -0.447. The van der Waals surface area contributed by atoms with Gasteiger partial charge in [-0.15, -0.1) is 0 Å². The lowest BCUT2D eigenvalue weighted by Crippen LogP contribution is -2.29. The molecule has 0 saturated carbocycles. The first-order chi connectivity index (χ1) is 18.2. The van der Waals surface area contributed by atoms with Crippen LogP contribution in [-0.4, -0.2) is 16.0 Å². The van der Waals surface area contributed by atoms with Crippen LogP contribution >= 0.6 is 39.7 Å². The van der Waals surface area contributed by atoms with E-state index in [2.05, 4.69) is 31.5 Å². The van der Waals surface area contributed by atoms with Crippen LogP contribution < -0.4 is 15.5 Å². The Kier molecular flexibility index (Phi) is 7.52. The van der Waals surface area contributed by atoms with E-state index in [0.717, 1.165) is 5.69 Å². The first-order valence-electron chi connectivity index (χ1n) is 11.9. The van der Waals surface area contributed by atoms with Crippen molar-refractivity contribution in [1.29, 1.82) is 0 Å². The summed E-state index contributed by atoms with van der Waals surface area (Å²) in [5.41, 5.74) is 2.33. The number of anilines is 2. The van der Waals surface area contributed by atoms with E-state index in [-0.39, 0.29) is 17.9 Å². The molecule has 1 saturated heterocycles. The molecule has 1 fully saturated rings. The van der Waals surface area contributed by atoms with E-state index >= 15 is 0 Å². The molecule has 0 aliphatic carbocycles. The van der Waals surface area contributed by atoms with Gasteiger partial charge in [-0.1, -0.05) is 47.4 Å². The molecular formula is C28H23BrClFN4O2S. The highest BCUT2D eigenvalue weighted by Gasteiger charge is 2.42. The van der Waals surface area contributed by atoms with E-state index in [1.54, 1.807) is 36.5 Å². The van der Waals surface area contributed by atoms with Crippen LogP contribution in [0.3, 0.4) is 0 Å². The number of benzene rings is 2. The summed E-state index contributed by atoms with van der Waals surface area (Å²) in [6.45, 7) is 3.62. The number of pyridine rings is 1. The number of rotatable bonds is 6. The highest BCUT2D eigenvalue weighted by molar-refractivity contribution is 9.10. The normalized spacial score (nSPS) is 17.1. The largest absolute Gasteiger partial charge is 0.459 e. The number of hydrogen-bond donors (Lipinski definition) is 2. The molecular weight excluding hydrogens is 591 g/mol. The number of thiocarbonyl (C=S) groups is 1. The number of hydrogen-bond acceptors (Lipinski definition) is 4. The molecule has 1 aliphatic heterocycles. The number of carbonyl (C=O) groups is 1. The Labute approximate surface area is 238 Å². The van der Waals surface area contributed by atoms with Crippen LogP contribution in [0.1, 0.15) is 37.4 Å². The summed E-state index contributed by atoms with van der Waals surface area (Å²) in [7, 11) is 0. The van der Waals surface area contributed by atoms with Gasteiger partial charge in [-0.3, -0.25) is 9.78 Å². The molecule has 0 unspecified atom stereocenters. The molecule has 6 nitrogen and oxygen atoms in total. The van der Waals surface area contributed by atoms with Crippen LogP contribution in [0.4, 0.5) is 15.8 Å². The Morgan fingerprint density at radius 2 is 2.00 bits per heavy atom. The number of amides is 1. The number of carbonyl (C=O) groups excluding carboxylic acids is 1. The van der Waals surface area contributed by atoms with Gasteiger partial charge in [-0.2, -0.15) is 0 Å². The fourth-order valence-electron chi connectivity index (χ4n) is 4.30. The van der Waals surface area contributed by atoms with Crippen molar-refractivity contribution >= 4 is 62.1 Å². The molecule has 4 aromatic rings. The first kappa shape index (κ1) is 26.3. The van der Waals surface area contributed by atoms with Crippen molar-refractivity contribution in [2.45, 2.75) is 25.9 Å². The van der Waals surface area contributed by atoms with Crippen LogP contribution in [0.2, 0.25) is 5.02 Å². The zero-order valence-electron chi connectivity index (χ0n) is 20.4. The molecule has 2 atom stereocenters. The van der Waals surface area contributed by atoms with Gasteiger partial charge in [0.15, 0.2) is 5.11 Å². The van der Waals surface area contributed by atoms with E-state index in [1.807, 2.05) is 49.1 Å². The standard InChI is InChI=1S/C28H23BrClFN4O2S/c1-15(2)27(36)33-21-9-7-17(14-19(21)30)35-26(25(34-28(35)38)22-5-3-4-12-32-22)24-11-10-23(37-24)18-8-6-16(29)13-20(18)31/h3-15,25-26H,1-2H3,(H,33,36)(H,34,38)/t25-,26+/m1/s1. The lowest BCUT2D eigenvalue weighted by atomic mass is 10.0. The predicted molar refractivity (Wildman–Crippen MR) is 155 cm³/mol. The Morgan fingerprint density at radius 3 is 2.68 bits per heavy atom. The van der Waals surface area contributed by atoms with Gasteiger partial charge in [-0.05, 0) is 72.9 Å². The highest BCUT2D eigenvalue weighted by Crippen LogP contribution is 2.44. The van der Waals surface area contributed by atoms with Crippen molar-refractivity contribution < 1.29 is 13.6 Å². The number of nitrogens with zero attached hydrogens (tertiary/aromatic N) is 2. The zero-order chi connectivity index (χ0) is 27.0. The molecule has 0 radical (unpaired) electrons. The summed E-state index contributed by atoms with van der Waals surface area (Å²) >= 11 is 15.6. The number of nitrogens with one attached hydrogen (secondary N) is 2. The van der Waals surface area contributed by atoms with Gasteiger partial charge in [0.25, 0.3) is 0 Å². The Morgan fingerprint density at radius 1 is 1.18 bits per heavy atom. The Hall–Kier alpha value is -3.27. The van der Waals surface area contributed by atoms with Crippen molar-refractivity contribution in [2.24, 2.45) is 5.92 Å². The molecule has 2 aromatic carbocycles. The molecule has 194 valence electrons. The molecule has 3 heterocycles. The maximum Gasteiger partial charge on any atom is 0.226 e. The summed E-state index contributed by atoms with van der Waals surface area (Å²) in [6, 6.07) is 18.6. The van der Waals surface area contributed by atoms with Crippen molar-refractivity contribution in [2.75, 3.05) is 10.2 Å². The smallest absolute Gasteiger partial charge is 0.226 e. The maximum atomic E-state index is 14.7. The average Bonchev–Trinajstić information content (AvgIpc) is 3.50. The Bertz CT molecular complexity index is 1510. The van der Waals surface area contributed by atoms with Crippen LogP contribution in [0.15, 0.2) is 81.8 Å². The van der Waals surface area contributed by atoms with Gasteiger partial charge < -0.3 is 20.0 Å². The number of aromatic nitrogens is 1. The van der Waals surface area contributed by atoms with Crippen LogP contribution in [0, 0.1) is 11.7 Å². The van der Waals surface area contributed by atoms with Gasteiger partial charge in [0.05, 0.1) is 28.0 Å². The van der Waals surface area contributed by atoms with Crippen molar-refractivity contribution in [1.82, 2.24) is 10.3 Å². The summed E-state index contributed by atoms with van der Waals surface area (Å²) in [6.07, 6.45) is 1.72. The summed E-state index contributed by atoms with van der Waals surface area (Å²) in [5.74, 6) is 0.248.